The van der Waals surface area contributed by atoms with Crippen molar-refractivity contribution >= 4 is 33.9 Å². The number of para-hydroxylation sites is 2. The summed E-state index contributed by atoms with van der Waals surface area (Å²) < 4.78 is 10.9. The Labute approximate surface area is 187 Å². The van der Waals surface area contributed by atoms with Crippen molar-refractivity contribution in [2.45, 2.75) is 27.7 Å². The molecule has 1 aliphatic heterocycles. The van der Waals surface area contributed by atoms with Gasteiger partial charge in [0.05, 0.1) is 31.0 Å². The van der Waals surface area contributed by atoms with E-state index in [1.54, 1.807) is 6.92 Å². The molecule has 0 unspecified atom stereocenters. The van der Waals surface area contributed by atoms with Crippen molar-refractivity contribution in [3.05, 3.63) is 40.3 Å². The van der Waals surface area contributed by atoms with Gasteiger partial charge in [0, 0.05) is 31.1 Å². The van der Waals surface area contributed by atoms with Gasteiger partial charge in [-0.3, -0.25) is 9.69 Å². The van der Waals surface area contributed by atoms with Crippen molar-refractivity contribution in [1.29, 1.82) is 0 Å². The molecule has 8 heteroatoms. The lowest BCUT2D eigenvalue weighted by Gasteiger charge is -2.36. The van der Waals surface area contributed by atoms with Crippen LogP contribution in [0.5, 0.6) is 5.75 Å². The summed E-state index contributed by atoms with van der Waals surface area (Å²) in [6.07, 6.45) is 0. The Balaban J connectivity index is 1.58. The number of benzene rings is 1. The molecule has 1 N–H and O–H groups in total. The molecule has 1 aromatic carbocycles. The molecule has 31 heavy (non-hydrogen) atoms. The summed E-state index contributed by atoms with van der Waals surface area (Å²) in [5.41, 5.74) is 2.42. The number of hydrogen-bond acceptors (Lipinski definition) is 7. The molecule has 0 aliphatic carbocycles. The highest BCUT2D eigenvalue weighted by Crippen LogP contribution is 2.33. The second-order valence-corrected chi connectivity index (χ2v) is 8.64. The van der Waals surface area contributed by atoms with Crippen LogP contribution in [0, 0.1) is 13.8 Å². The zero-order valence-electron chi connectivity index (χ0n) is 18.7. The first-order valence-corrected chi connectivity index (χ1v) is 11.5. The molecule has 7 nitrogen and oxygen atoms in total. The number of nitrogens with zero attached hydrogens (tertiary/aromatic N) is 2. The topological polar surface area (TPSA) is 71.1 Å². The smallest absolute Gasteiger partial charge is 0.341 e. The van der Waals surface area contributed by atoms with E-state index < -0.39 is 0 Å². The third-order valence-corrected chi connectivity index (χ3v) is 6.49. The average molecular weight is 446 g/mol. The lowest BCUT2D eigenvalue weighted by atomic mass is 10.1. The van der Waals surface area contributed by atoms with Gasteiger partial charge in [0.1, 0.15) is 10.8 Å². The van der Waals surface area contributed by atoms with Crippen molar-refractivity contribution in [2.75, 3.05) is 56.2 Å². The minimum absolute atomic E-state index is 0.116. The maximum atomic E-state index is 12.7. The number of carbonyl (C=O) groups excluding carboxylic acids is 2. The number of ether oxygens (including phenoxy) is 2. The Kier molecular flexibility index (Phi) is 7.92. The van der Waals surface area contributed by atoms with Crippen LogP contribution in [0.4, 0.5) is 10.7 Å². The molecular weight excluding hydrogens is 414 g/mol. The molecule has 1 amide bonds. The van der Waals surface area contributed by atoms with E-state index in [2.05, 4.69) is 21.2 Å². The summed E-state index contributed by atoms with van der Waals surface area (Å²) in [6.45, 7) is 12.0. The summed E-state index contributed by atoms with van der Waals surface area (Å²) >= 11 is 1.42. The van der Waals surface area contributed by atoms with E-state index in [0.717, 1.165) is 48.1 Å². The molecule has 168 valence electrons. The van der Waals surface area contributed by atoms with E-state index in [1.807, 2.05) is 39.0 Å². The lowest BCUT2D eigenvalue weighted by Crippen LogP contribution is -2.48. The van der Waals surface area contributed by atoms with Crippen LogP contribution < -0.4 is 15.0 Å². The molecule has 1 fully saturated rings. The first kappa shape index (κ1) is 23.1. The summed E-state index contributed by atoms with van der Waals surface area (Å²) in [6, 6.07) is 8.06. The number of hydrogen-bond donors (Lipinski definition) is 1. The van der Waals surface area contributed by atoms with Gasteiger partial charge in [0.25, 0.3) is 0 Å². The Morgan fingerprint density at radius 3 is 2.45 bits per heavy atom. The van der Waals surface area contributed by atoms with Gasteiger partial charge in [-0.15, -0.1) is 11.3 Å². The van der Waals surface area contributed by atoms with E-state index >= 15 is 0 Å². The van der Waals surface area contributed by atoms with Crippen molar-refractivity contribution in [1.82, 2.24) is 4.90 Å². The van der Waals surface area contributed by atoms with Gasteiger partial charge in [-0.1, -0.05) is 12.1 Å². The zero-order chi connectivity index (χ0) is 22.4. The third kappa shape index (κ3) is 5.57. The summed E-state index contributed by atoms with van der Waals surface area (Å²) in [5.74, 6) is 0.391. The van der Waals surface area contributed by atoms with Crippen LogP contribution in [-0.2, 0) is 9.53 Å². The average Bonchev–Trinajstić information content (AvgIpc) is 3.02. The number of anilines is 2. The van der Waals surface area contributed by atoms with Gasteiger partial charge >= 0.3 is 5.97 Å². The Hall–Kier alpha value is -2.58. The first-order chi connectivity index (χ1) is 14.9. The fourth-order valence-corrected chi connectivity index (χ4v) is 4.74. The van der Waals surface area contributed by atoms with Crippen molar-refractivity contribution in [3.63, 3.8) is 0 Å². The minimum Gasteiger partial charge on any atom is -0.492 e. The number of nitrogens with one attached hydrogen (secondary N) is 1. The number of esters is 1. The van der Waals surface area contributed by atoms with Gasteiger partial charge in [-0.05, 0) is 45.4 Å². The number of thiophene rings is 1. The number of rotatable bonds is 8. The van der Waals surface area contributed by atoms with Gasteiger partial charge in [-0.2, -0.15) is 0 Å². The van der Waals surface area contributed by atoms with Gasteiger partial charge < -0.3 is 19.7 Å². The van der Waals surface area contributed by atoms with E-state index in [1.165, 1.54) is 11.3 Å². The molecule has 0 spiro atoms. The minimum atomic E-state index is -0.388. The highest BCUT2D eigenvalue weighted by Gasteiger charge is 2.24. The predicted octanol–water partition coefficient (Wildman–Crippen LogP) is 3.70. The molecule has 0 atom stereocenters. The molecule has 3 rings (SSSR count). The number of amides is 1. The van der Waals surface area contributed by atoms with Gasteiger partial charge in [0.15, 0.2) is 0 Å². The number of aryl methyl sites for hydroxylation is 1. The molecule has 0 radical (unpaired) electrons. The maximum Gasteiger partial charge on any atom is 0.341 e. The van der Waals surface area contributed by atoms with Crippen LogP contribution in [0.25, 0.3) is 0 Å². The number of carbonyl (C=O) groups is 2. The summed E-state index contributed by atoms with van der Waals surface area (Å²) in [5, 5.41) is 3.50. The molecule has 1 saturated heterocycles. The third-order valence-electron chi connectivity index (χ3n) is 5.36. The van der Waals surface area contributed by atoms with E-state index in [9.17, 15) is 9.59 Å². The Morgan fingerprint density at radius 1 is 1.06 bits per heavy atom. The SMILES string of the molecule is CCOC(=O)c1c(NC(=O)CN2CCN(c3ccccc3OCC)CC2)sc(C)c1C. The Bertz CT molecular complexity index is 920. The summed E-state index contributed by atoms with van der Waals surface area (Å²) in [4.78, 5) is 30.4. The van der Waals surface area contributed by atoms with Gasteiger partial charge in [-0.25, -0.2) is 4.79 Å². The monoisotopic (exact) mass is 445 g/mol. The molecular formula is C23H31N3O4S. The van der Waals surface area contributed by atoms with Crippen molar-refractivity contribution in [2.24, 2.45) is 0 Å². The largest absolute Gasteiger partial charge is 0.492 e. The molecule has 1 aromatic heterocycles. The fourth-order valence-electron chi connectivity index (χ4n) is 3.68. The van der Waals surface area contributed by atoms with E-state index in [4.69, 9.17) is 9.47 Å². The standard InChI is InChI=1S/C23H31N3O4S/c1-5-29-19-10-8-7-9-18(19)26-13-11-25(12-14-26)15-20(27)24-22-21(23(28)30-6-2)16(3)17(4)31-22/h7-10H,5-6,11-15H2,1-4H3,(H,24,27). The lowest BCUT2D eigenvalue weighted by molar-refractivity contribution is -0.117. The van der Waals surface area contributed by atoms with Crippen LogP contribution in [0.15, 0.2) is 24.3 Å². The quantitative estimate of drug-likeness (QED) is 0.625. The number of piperazine rings is 1. The second-order valence-electron chi connectivity index (χ2n) is 7.42. The van der Waals surface area contributed by atoms with Crippen LogP contribution in [0.3, 0.4) is 0 Å². The van der Waals surface area contributed by atoms with E-state index in [-0.39, 0.29) is 11.9 Å². The first-order valence-electron chi connectivity index (χ1n) is 10.7. The van der Waals surface area contributed by atoms with Crippen LogP contribution in [0.1, 0.15) is 34.6 Å². The molecule has 0 bridgehead atoms. The maximum absolute atomic E-state index is 12.7. The highest BCUT2D eigenvalue weighted by molar-refractivity contribution is 7.16. The molecule has 1 aliphatic rings. The molecule has 2 aromatic rings. The van der Waals surface area contributed by atoms with Crippen molar-refractivity contribution < 1.29 is 19.1 Å². The zero-order valence-corrected chi connectivity index (χ0v) is 19.5. The Morgan fingerprint density at radius 2 is 1.77 bits per heavy atom. The van der Waals surface area contributed by atoms with Gasteiger partial charge in [0.2, 0.25) is 5.91 Å². The van der Waals surface area contributed by atoms with E-state index in [0.29, 0.717) is 30.3 Å². The summed E-state index contributed by atoms with van der Waals surface area (Å²) in [7, 11) is 0. The van der Waals surface area contributed by atoms with Crippen molar-refractivity contribution in [3.8, 4) is 5.75 Å². The highest BCUT2D eigenvalue weighted by atomic mass is 32.1. The predicted molar refractivity (Wildman–Crippen MR) is 125 cm³/mol. The van der Waals surface area contributed by atoms with Crippen LogP contribution >= 0.6 is 11.3 Å². The molecule has 0 saturated carbocycles. The normalized spacial score (nSPS) is 14.4. The fraction of sp³-hybridized carbons (Fsp3) is 0.478. The van der Waals surface area contributed by atoms with Crippen LogP contribution in [-0.4, -0.2) is 62.7 Å². The van der Waals surface area contributed by atoms with Crippen LogP contribution in [0.2, 0.25) is 0 Å². The second kappa shape index (κ2) is 10.6. The molecule has 2 heterocycles.